The summed E-state index contributed by atoms with van der Waals surface area (Å²) in [5.41, 5.74) is 0.303. The highest BCUT2D eigenvalue weighted by atomic mass is 16.6. The number of ether oxygens (including phenoxy) is 1. The Morgan fingerprint density at radius 2 is 2.24 bits per heavy atom. The molecule has 1 fully saturated rings. The molecule has 0 aromatic heterocycles. The minimum absolute atomic E-state index is 0.147. The summed E-state index contributed by atoms with van der Waals surface area (Å²) in [5.74, 6) is 0.00861. The molecule has 0 unspecified atom stereocenters. The first kappa shape index (κ1) is 15.3. The lowest BCUT2D eigenvalue weighted by Gasteiger charge is -2.22. The van der Waals surface area contributed by atoms with Gasteiger partial charge in [0.1, 0.15) is 0 Å². The topological polar surface area (TPSA) is 72.7 Å². The number of benzene rings is 1. The largest absolute Gasteiger partial charge is 0.490 e. The van der Waals surface area contributed by atoms with Crippen molar-refractivity contribution in [2.75, 3.05) is 20.2 Å². The molecular formula is C15H20N2O4. The number of hydrogen-bond donors (Lipinski definition) is 0. The molecule has 0 radical (unpaired) electrons. The summed E-state index contributed by atoms with van der Waals surface area (Å²) < 4.78 is 4.95. The van der Waals surface area contributed by atoms with Crippen LogP contribution in [0.4, 0.5) is 5.69 Å². The number of hydrogen-bond acceptors (Lipinski definition) is 4. The van der Waals surface area contributed by atoms with Crippen LogP contribution in [0.25, 0.3) is 0 Å². The van der Waals surface area contributed by atoms with Crippen LogP contribution in [0.3, 0.4) is 0 Å². The van der Waals surface area contributed by atoms with Crippen molar-refractivity contribution in [3.63, 3.8) is 0 Å². The van der Waals surface area contributed by atoms with Crippen LogP contribution in [0.5, 0.6) is 5.75 Å². The van der Waals surface area contributed by atoms with Gasteiger partial charge in [0.25, 0.3) is 5.91 Å². The SMILES string of the molecule is CC[C@@]1(C)CCN(C(=O)c2ccc(OC)c([N+](=O)[O-])c2)C1. The standard InChI is InChI=1S/C15H20N2O4/c1-4-15(2)7-8-16(10-15)14(18)11-5-6-13(21-3)12(9-11)17(19)20/h5-6,9H,4,7-8,10H2,1-3H3/t15-/m0/s1. The molecular weight excluding hydrogens is 272 g/mol. The predicted octanol–water partition coefficient (Wildman–Crippen LogP) is 2.87. The average Bonchev–Trinajstić information content (AvgIpc) is 2.89. The van der Waals surface area contributed by atoms with Gasteiger partial charge in [-0.05, 0) is 30.4 Å². The van der Waals surface area contributed by atoms with Crippen molar-refractivity contribution >= 4 is 11.6 Å². The lowest BCUT2D eigenvalue weighted by Crippen LogP contribution is -2.30. The number of carbonyl (C=O) groups is 1. The number of nitrogens with zero attached hydrogens (tertiary/aromatic N) is 2. The molecule has 0 bridgehead atoms. The summed E-state index contributed by atoms with van der Waals surface area (Å²) in [5, 5.41) is 11.0. The van der Waals surface area contributed by atoms with E-state index in [1.165, 1.54) is 19.2 Å². The van der Waals surface area contributed by atoms with E-state index in [1.807, 2.05) is 0 Å². The molecule has 1 saturated heterocycles. The highest BCUT2D eigenvalue weighted by Crippen LogP contribution is 2.34. The average molecular weight is 292 g/mol. The van der Waals surface area contributed by atoms with E-state index in [-0.39, 0.29) is 22.8 Å². The van der Waals surface area contributed by atoms with Gasteiger partial charge < -0.3 is 9.64 Å². The van der Waals surface area contributed by atoms with Crippen LogP contribution < -0.4 is 4.74 Å². The number of amides is 1. The second kappa shape index (κ2) is 5.71. The lowest BCUT2D eigenvalue weighted by atomic mass is 9.87. The van der Waals surface area contributed by atoms with Crippen molar-refractivity contribution in [1.82, 2.24) is 4.90 Å². The Hall–Kier alpha value is -2.11. The number of carbonyl (C=O) groups excluding carboxylic acids is 1. The highest BCUT2D eigenvalue weighted by Gasteiger charge is 2.35. The molecule has 1 aromatic carbocycles. The van der Waals surface area contributed by atoms with Crippen molar-refractivity contribution in [3.05, 3.63) is 33.9 Å². The Bertz CT molecular complexity index is 573. The number of nitro groups is 1. The lowest BCUT2D eigenvalue weighted by molar-refractivity contribution is -0.385. The highest BCUT2D eigenvalue weighted by molar-refractivity contribution is 5.95. The van der Waals surface area contributed by atoms with Gasteiger partial charge in [0.05, 0.1) is 12.0 Å². The normalized spacial score (nSPS) is 21.4. The molecule has 6 heteroatoms. The maximum atomic E-state index is 12.5. The number of nitro benzene ring substituents is 1. The zero-order valence-corrected chi connectivity index (χ0v) is 12.6. The molecule has 0 saturated carbocycles. The Balaban J connectivity index is 2.25. The summed E-state index contributed by atoms with van der Waals surface area (Å²) in [4.78, 5) is 24.8. The van der Waals surface area contributed by atoms with Crippen LogP contribution in [-0.4, -0.2) is 35.9 Å². The first-order valence-corrected chi connectivity index (χ1v) is 7.02. The van der Waals surface area contributed by atoms with Gasteiger partial charge in [0, 0.05) is 24.7 Å². The molecule has 1 aliphatic rings. The van der Waals surface area contributed by atoms with Crippen LogP contribution >= 0.6 is 0 Å². The van der Waals surface area contributed by atoms with Crippen LogP contribution in [0.1, 0.15) is 37.0 Å². The Labute approximate surface area is 123 Å². The summed E-state index contributed by atoms with van der Waals surface area (Å²) in [7, 11) is 1.37. The van der Waals surface area contributed by atoms with Crippen LogP contribution in [0.2, 0.25) is 0 Å². The van der Waals surface area contributed by atoms with Crippen molar-refractivity contribution in [3.8, 4) is 5.75 Å². The minimum Gasteiger partial charge on any atom is -0.490 e. The van der Waals surface area contributed by atoms with Crippen molar-refractivity contribution in [2.24, 2.45) is 5.41 Å². The molecule has 0 aliphatic carbocycles. The second-order valence-electron chi connectivity index (χ2n) is 5.78. The van der Waals surface area contributed by atoms with Crippen molar-refractivity contribution in [2.45, 2.75) is 26.7 Å². The number of rotatable bonds is 4. The zero-order chi connectivity index (χ0) is 15.6. The van der Waals surface area contributed by atoms with E-state index >= 15 is 0 Å². The van der Waals surface area contributed by atoms with Crippen molar-refractivity contribution in [1.29, 1.82) is 0 Å². The Morgan fingerprint density at radius 1 is 1.52 bits per heavy atom. The van der Waals surface area contributed by atoms with E-state index in [0.29, 0.717) is 18.7 Å². The summed E-state index contributed by atoms with van der Waals surface area (Å²) in [6.45, 7) is 5.67. The Morgan fingerprint density at radius 3 is 2.76 bits per heavy atom. The van der Waals surface area contributed by atoms with E-state index < -0.39 is 4.92 Å². The summed E-state index contributed by atoms with van der Waals surface area (Å²) in [6, 6.07) is 4.35. The third-order valence-electron chi connectivity index (χ3n) is 4.32. The first-order valence-electron chi connectivity index (χ1n) is 7.02. The molecule has 1 amide bonds. The van der Waals surface area contributed by atoms with Crippen molar-refractivity contribution < 1.29 is 14.5 Å². The van der Waals surface area contributed by atoms with E-state index in [1.54, 1.807) is 11.0 Å². The predicted molar refractivity (Wildman–Crippen MR) is 78.6 cm³/mol. The van der Waals surface area contributed by atoms with Crippen LogP contribution in [0.15, 0.2) is 18.2 Å². The van der Waals surface area contributed by atoms with Gasteiger partial charge in [0.15, 0.2) is 5.75 Å². The molecule has 0 N–H and O–H groups in total. The molecule has 1 aliphatic heterocycles. The van der Waals surface area contributed by atoms with Gasteiger partial charge in [-0.3, -0.25) is 14.9 Å². The monoisotopic (exact) mass is 292 g/mol. The van der Waals surface area contributed by atoms with E-state index in [0.717, 1.165) is 12.8 Å². The molecule has 1 atom stereocenters. The third kappa shape index (κ3) is 2.99. The van der Waals surface area contributed by atoms with Gasteiger partial charge >= 0.3 is 5.69 Å². The fourth-order valence-corrected chi connectivity index (χ4v) is 2.63. The van der Waals surface area contributed by atoms with Gasteiger partial charge in [-0.1, -0.05) is 13.8 Å². The minimum atomic E-state index is -0.532. The summed E-state index contributed by atoms with van der Waals surface area (Å²) in [6.07, 6.45) is 1.98. The first-order chi connectivity index (χ1) is 9.90. The molecule has 21 heavy (non-hydrogen) atoms. The van der Waals surface area contributed by atoms with E-state index in [4.69, 9.17) is 4.74 Å². The molecule has 0 spiro atoms. The maximum Gasteiger partial charge on any atom is 0.311 e. The smallest absolute Gasteiger partial charge is 0.311 e. The van der Waals surface area contributed by atoms with Gasteiger partial charge in [0.2, 0.25) is 0 Å². The fourth-order valence-electron chi connectivity index (χ4n) is 2.63. The second-order valence-corrected chi connectivity index (χ2v) is 5.78. The zero-order valence-electron chi connectivity index (χ0n) is 12.6. The van der Waals surface area contributed by atoms with Gasteiger partial charge in [-0.2, -0.15) is 0 Å². The molecule has 2 rings (SSSR count). The third-order valence-corrected chi connectivity index (χ3v) is 4.32. The van der Waals surface area contributed by atoms with Crippen LogP contribution in [0, 0.1) is 15.5 Å². The Kier molecular flexibility index (Phi) is 4.16. The summed E-state index contributed by atoms with van der Waals surface area (Å²) >= 11 is 0. The number of methoxy groups -OCH3 is 1. The number of likely N-dealkylation sites (tertiary alicyclic amines) is 1. The maximum absolute atomic E-state index is 12.5. The van der Waals surface area contributed by atoms with E-state index in [9.17, 15) is 14.9 Å². The molecule has 1 heterocycles. The molecule has 6 nitrogen and oxygen atoms in total. The molecule has 114 valence electrons. The van der Waals surface area contributed by atoms with Gasteiger partial charge in [-0.15, -0.1) is 0 Å². The fraction of sp³-hybridized carbons (Fsp3) is 0.533. The van der Waals surface area contributed by atoms with E-state index in [2.05, 4.69) is 13.8 Å². The quantitative estimate of drug-likeness (QED) is 0.632. The van der Waals surface area contributed by atoms with Crippen LogP contribution in [-0.2, 0) is 0 Å². The van der Waals surface area contributed by atoms with Gasteiger partial charge in [-0.25, -0.2) is 0 Å². The molecule has 1 aromatic rings.